The number of hydrogen-bond acceptors (Lipinski definition) is 4. The van der Waals surface area contributed by atoms with Crippen LogP contribution in [-0.2, 0) is 17.7 Å². The fourth-order valence-electron chi connectivity index (χ4n) is 3.40. The minimum Gasteiger partial charge on any atom is -0.378 e. The molecule has 1 aromatic carbocycles. The fraction of sp³-hybridized carbons (Fsp3) is 0.318. The Morgan fingerprint density at radius 2 is 2.07 bits per heavy atom. The number of pyridine rings is 1. The van der Waals surface area contributed by atoms with E-state index < -0.39 is 0 Å². The smallest absolute Gasteiger partial charge is 0.261 e. The fourth-order valence-corrected chi connectivity index (χ4v) is 3.40. The van der Waals surface area contributed by atoms with E-state index in [0.717, 1.165) is 17.8 Å². The van der Waals surface area contributed by atoms with Crippen molar-refractivity contribution in [3.63, 3.8) is 0 Å². The molecule has 0 N–H and O–H groups in total. The van der Waals surface area contributed by atoms with E-state index in [1.807, 2.05) is 36.4 Å². The van der Waals surface area contributed by atoms with E-state index in [2.05, 4.69) is 30.7 Å². The highest BCUT2D eigenvalue weighted by Crippen LogP contribution is 2.30. The summed E-state index contributed by atoms with van der Waals surface area (Å²) in [6, 6.07) is 11.2. The van der Waals surface area contributed by atoms with E-state index in [1.165, 1.54) is 0 Å². The molecule has 4 rings (SSSR count). The molecule has 0 saturated carbocycles. The zero-order valence-electron chi connectivity index (χ0n) is 15.7. The zero-order chi connectivity index (χ0) is 19.0. The maximum atomic E-state index is 12.9. The molecule has 5 heteroatoms. The van der Waals surface area contributed by atoms with Crippen molar-refractivity contribution in [2.45, 2.75) is 32.4 Å². The molecule has 0 amide bonds. The Labute approximate surface area is 158 Å². The topological polar surface area (TPSA) is 57.0 Å². The zero-order valence-corrected chi connectivity index (χ0v) is 15.7. The summed E-state index contributed by atoms with van der Waals surface area (Å²) in [5.41, 5.74) is 1.93. The molecule has 136 valence electrons. The van der Waals surface area contributed by atoms with Crippen LogP contribution in [0.3, 0.4) is 0 Å². The molecule has 27 heavy (non-hydrogen) atoms. The van der Waals surface area contributed by atoms with Gasteiger partial charge in [0.1, 0.15) is 11.5 Å². The standard InChI is InChI=1S/C22H21N3O2/c1-22(2,27-3)16-13-20-24-19-12-15(7-9-17-6-4-5-11-23-17)8-10-18(19)21(26)25(20)14-16/h4-6,8,10-12,16H,13-14H2,1-3H3. The number of methoxy groups -OCH3 is 1. The van der Waals surface area contributed by atoms with Crippen molar-refractivity contribution in [3.05, 3.63) is 70.0 Å². The van der Waals surface area contributed by atoms with Crippen LogP contribution in [-0.4, -0.2) is 27.2 Å². The van der Waals surface area contributed by atoms with Gasteiger partial charge in [-0.2, -0.15) is 0 Å². The summed E-state index contributed by atoms with van der Waals surface area (Å²) in [5, 5.41) is 0.623. The van der Waals surface area contributed by atoms with Gasteiger partial charge < -0.3 is 4.74 Å². The van der Waals surface area contributed by atoms with Gasteiger partial charge in [0, 0.05) is 37.8 Å². The molecular formula is C22H21N3O2. The molecule has 3 heterocycles. The van der Waals surface area contributed by atoms with Crippen molar-refractivity contribution in [1.29, 1.82) is 0 Å². The minimum absolute atomic E-state index is 0.00800. The molecule has 2 aromatic heterocycles. The Morgan fingerprint density at radius 3 is 2.81 bits per heavy atom. The van der Waals surface area contributed by atoms with Crippen LogP contribution in [0, 0.1) is 17.8 Å². The average molecular weight is 359 g/mol. The highest BCUT2D eigenvalue weighted by molar-refractivity contribution is 5.79. The summed E-state index contributed by atoms with van der Waals surface area (Å²) in [7, 11) is 1.71. The van der Waals surface area contributed by atoms with Crippen LogP contribution in [0.25, 0.3) is 10.9 Å². The highest BCUT2D eigenvalue weighted by atomic mass is 16.5. The van der Waals surface area contributed by atoms with Gasteiger partial charge in [0.05, 0.1) is 16.5 Å². The van der Waals surface area contributed by atoms with E-state index in [4.69, 9.17) is 9.72 Å². The number of ether oxygens (including phenoxy) is 1. The first-order valence-electron chi connectivity index (χ1n) is 8.99. The second-order valence-corrected chi connectivity index (χ2v) is 7.35. The van der Waals surface area contributed by atoms with Crippen molar-refractivity contribution in [3.8, 4) is 11.8 Å². The molecule has 0 aliphatic carbocycles. The van der Waals surface area contributed by atoms with Gasteiger partial charge >= 0.3 is 0 Å². The van der Waals surface area contributed by atoms with E-state index in [9.17, 15) is 4.79 Å². The number of benzene rings is 1. The molecule has 1 unspecified atom stereocenters. The Kier molecular flexibility index (Phi) is 4.29. The predicted octanol–water partition coefficient (Wildman–Crippen LogP) is 2.79. The summed E-state index contributed by atoms with van der Waals surface area (Å²) in [6.45, 7) is 4.75. The number of rotatable bonds is 2. The van der Waals surface area contributed by atoms with Crippen molar-refractivity contribution in [2.75, 3.05) is 7.11 Å². The molecular weight excluding hydrogens is 338 g/mol. The second-order valence-electron chi connectivity index (χ2n) is 7.35. The van der Waals surface area contributed by atoms with E-state index >= 15 is 0 Å². The van der Waals surface area contributed by atoms with Crippen LogP contribution >= 0.6 is 0 Å². The summed E-state index contributed by atoms with van der Waals surface area (Å²) in [4.78, 5) is 21.9. The van der Waals surface area contributed by atoms with Gasteiger partial charge in [-0.05, 0) is 50.1 Å². The lowest BCUT2D eigenvalue weighted by Crippen LogP contribution is -2.35. The molecule has 5 nitrogen and oxygen atoms in total. The molecule has 0 radical (unpaired) electrons. The first kappa shape index (κ1) is 17.4. The van der Waals surface area contributed by atoms with Gasteiger partial charge in [-0.25, -0.2) is 9.97 Å². The van der Waals surface area contributed by atoms with Crippen molar-refractivity contribution >= 4 is 10.9 Å². The lowest BCUT2D eigenvalue weighted by atomic mass is 9.89. The van der Waals surface area contributed by atoms with Crippen LogP contribution in [0.4, 0.5) is 0 Å². The normalized spacial score (nSPS) is 16.0. The van der Waals surface area contributed by atoms with Gasteiger partial charge in [0.15, 0.2) is 0 Å². The van der Waals surface area contributed by atoms with Crippen LogP contribution < -0.4 is 5.56 Å². The molecule has 0 fully saturated rings. The first-order chi connectivity index (χ1) is 13.0. The van der Waals surface area contributed by atoms with Crippen molar-refractivity contribution in [2.24, 2.45) is 5.92 Å². The Bertz CT molecular complexity index is 1120. The highest BCUT2D eigenvalue weighted by Gasteiger charge is 2.36. The van der Waals surface area contributed by atoms with Crippen molar-refractivity contribution < 1.29 is 4.74 Å². The Hall–Kier alpha value is -2.97. The third kappa shape index (κ3) is 3.24. The number of fused-ring (bicyclic) bond motifs is 2. The predicted molar refractivity (Wildman–Crippen MR) is 105 cm³/mol. The molecule has 0 saturated heterocycles. The number of aromatic nitrogens is 3. The third-order valence-corrected chi connectivity index (χ3v) is 5.38. The summed E-state index contributed by atoms with van der Waals surface area (Å²) in [5.74, 6) is 7.18. The lowest BCUT2D eigenvalue weighted by Gasteiger charge is -2.29. The third-order valence-electron chi connectivity index (χ3n) is 5.38. The van der Waals surface area contributed by atoms with Gasteiger partial charge in [-0.1, -0.05) is 12.0 Å². The number of nitrogens with zero attached hydrogens (tertiary/aromatic N) is 3. The molecule has 1 aliphatic heterocycles. The molecule has 0 spiro atoms. The molecule has 1 atom stereocenters. The molecule has 0 bridgehead atoms. The monoisotopic (exact) mass is 359 g/mol. The summed E-state index contributed by atoms with van der Waals surface area (Å²) < 4.78 is 7.40. The van der Waals surface area contributed by atoms with Crippen LogP contribution in [0.1, 0.15) is 30.9 Å². The van der Waals surface area contributed by atoms with E-state index in [-0.39, 0.29) is 17.1 Å². The summed E-state index contributed by atoms with van der Waals surface area (Å²) >= 11 is 0. The average Bonchev–Trinajstić information content (AvgIpc) is 3.12. The Balaban J connectivity index is 1.72. The van der Waals surface area contributed by atoms with Gasteiger partial charge in [-0.3, -0.25) is 9.36 Å². The van der Waals surface area contributed by atoms with Gasteiger partial charge in [0.25, 0.3) is 5.56 Å². The van der Waals surface area contributed by atoms with Crippen LogP contribution in [0.5, 0.6) is 0 Å². The van der Waals surface area contributed by atoms with E-state index in [0.29, 0.717) is 23.1 Å². The van der Waals surface area contributed by atoms with Gasteiger partial charge in [-0.15, -0.1) is 0 Å². The van der Waals surface area contributed by atoms with Crippen LogP contribution in [0.15, 0.2) is 47.4 Å². The first-order valence-corrected chi connectivity index (χ1v) is 8.99. The largest absolute Gasteiger partial charge is 0.378 e. The maximum absolute atomic E-state index is 12.9. The quantitative estimate of drug-likeness (QED) is 0.660. The van der Waals surface area contributed by atoms with Crippen LogP contribution in [0.2, 0.25) is 0 Å². The lowest BCUT2D eigenvalue weighted by molar-refractivity contribution is -0.0276. The van der Waals surface area contributed by atoms with Crippen molar-refractivity contribution in [1.82, 2.24) is 14.5 Å². The second kappa shape index (κ2) is 6.64. The summed E-state index contributed by atoms with van der Waals surface area (Å²) in [6.07, 6.45) is 2.45. The van der Waals surface area contributed by atoms with Gasteiger partial charge in [0.2, 0.25) is 0 Å². The maximum Gasteiger partial charge on any atom is 0.261 e. The SMILES string of the molecule is COC(C)(C)C1Cc2nc3cc(C#Cc4ccccn4)ccc3c(=O)n2C1. The number of hydrogen-bond donors (Lipinski definition) is 0. The molecule has 3 aromatic rings. The minimum atomic E-state index is -0.300. The molecule has 1 aliphatic rings. The Morgan fingerprint density at radius 1 is 1.22 bits per heavy atom. The van der Waals surface area contributed by atoms with E-state index in [1.54, 1.807) is 17.9 Å².